The largest absolute Gasteiger partial charge is 0.478 e. The van der Waals surface area contributed by atoms with Crippen LogP contribution in [0.4, 0.5) is 10.5 Å². The molecule has 7 heteroatoms. The molecule has 0 heterocycles. The van der Waals surface area contributed by atoms with E-state index in [4.69, 9.17) is 16.2 Å². The van der Waals surface area contributed by atoms with E-state index in [1.165, 1.54) is 24.3 Å². The van der Waals surface area contributed by atoms with Crippen molar-refractivity contribution in [1.82, 2.24) is 0 Å². The number of carbonyl (C=O) groups excluding carboxylic acids is 1. The molecular formula is C10H11N3O4. The molecule has 0 unspecified atom stereocenters. The molecule has 0 radical (unpaired) electrons. The number of nitrogens with two attached hydrogens (primary N) is 1. The summed E-state index contributed by atoms with van der Waals surface area (Å²) in [6.45, 7) is 0. The maximum Gasteiger partial charge on any atom is 0.421 e. The summed E-state index contributed by atoms with van der Waals surface area (Å²) in [4.78, 5) is 22.8. The smallest absolute Gasteiger partial charge is 0.421 e. The number of carboxylic acids is 1. The lowest BCUT2D eigenvalue weighted by Gasteiger charge is -2.18. The van der Waals surface area contributed by atoms with Crippen molar-refractivity contribution >= 4 is 23.7 Å². The van der Waals surface area contributed by atoms with Crippen LogP contribution < -0.4 is 10.6 Å². The number of benzene rings is 1. The van der Waals surface area contributed by atoms with Crippen LogP contribution in [-0.4, -0.2) is 30.2 Å². The van der Waals surface area contributed by atoms with E-state index in [0.717, 1.165) is 12.0 Å². The average Bonchev–Trinajstić information content (AvgIpc) is 2.29. The number of nitrogens with one attached hydrogen (secondary N) is 1. The Kier molecular flexibility index (Phi) is 3.66. The van der Waals surface area contributed by atoms with Gasteiger partial charge in [0.15, 0.2) is 0 Å². The molecular weight excluding hydrogens is 226 g/mol. The van der Waals surface area contributed by atoms with Gasteiger partial charge < -0.3 is 15.6 Å². The number of hydrogen-bond donors (Lipinski definition) is 3. The van der Waals surface area contributed by atoms with Crippen molar-refractivity contribution in [2.24, 2.45) is 5.73 Å². The lowest BCUT2D eigenvalue weighted by atomic mass is 10.2. The molecule has 1 aromatic carbocycles. The Hall–Kier alpha value is -2.57. The van der Waals surface area contributed by atoms with Gasteiger partial charge in [-0.2, -0.15) is 0 Å². The van der Waals surface area contributed by atoms with E-state index in [1.54, 1.807) is 0 Å². The van der Waals surface area contributed by atoms with E-state index in [2.05, 4.69) is 4.74 Å². The molecule has 0 saturated heterocycles. The zero-order valence-electron chi connectivity index (χ0n) is 9.01. The molecule has 1 aromatic rings. The monoisotopic (exact) mass is 237 g/mol. The highest BCUT2D eigenvalue weighted by atomic mass is 16.5. The SMILES string of the molecule is COC(=O)N(C(=N)N)c1ccc(C(=O)O)cc1. The van der Waals surface area contributed by atoms with E-state index in [9.17, 15) is 9.59 Å². The van der Waals surface area contributed by atoms with E-state index < -0.39 is 18.0 Å². The van der Waals surface area contributed by atoms with Crippen LogP contribution in [-0.2, 0) is 4.74 Å². The molecule has 0 aliphatic rings. The predicted molar refractivity (Wildman–Crippen MR) is 60.2 cm³/mol. The highest BCUT2D eigenvalue weighted by Gasteiger charge is 2.19. The minimum atomic E-state index is -1.08. The Morgan fingerprint density at radius 1 is 1.35 bits per heavy atom. The van der Waals surface area contributed by atoms with E-state index in [-0.39, 0.29) is 11.3 Å². The molecule has 1 rings (SSSR count). The fraction of sp³-hybridized carbons (Fsp3) is 0.100. The number of carboxylic acid groups (broad SMARTS) is 1. The number of carbonyl (C=O) groups is 2. The first-order valence-corrected chi connectivity index (χ1v) is 4.53. The number of ether oxygens (including phenoxy) is 1. The van der Waals surface area contributed by atoms with E-state index in [0.29, 0.717) is 0 Å². The Morgan fingerprint density at radius 3 is 2.24 bits per heavy atom. The fourth-order valence-corrected chi connectivity index (χ4v) is 1.19. The van der Waals surface area contributed by atoms with Gasteiger partial charge in [-0.05, 0) is 24.3 Å². The zero-order chi connectivity index (χ0) is 13.0. The van der Waals surface area contributed by atoms with Gasteiger partial charge in [-0.3, -0.25) is 5.41 Å². The highest BCUT2D eigenvalue weighted by Crippen LogP contribution is 2.15. The van der Waals surface area contributed by atoms with Crippen molar-refractivity contribution in [3.63, 3.8) is 0 Å². The average molecular weight is 237 g/mol. The van der Waals surface area contributed by atoms with Gasteiger partial charge in [0.1, 0.15) is 0 Å². The predicted octanol–water partition coefficient (Wildman–Crippen LogP) is 0.851. The van der Waals surface area contributed by atoms with Crippen molar-refractivity contribution in [2.45, 2.75) is 0 Å². The number of amides is 1. The van der Waals surface area contributed by atoms with Gasteiger partial charge in [-0.15, -0.1) is 0 Å². The third-order valence-electron chi connectivity index (χ3n) is 1.97. The van der Waals surface area contributed by atoms with Gasteiger partial charge in [0.25, 0.3) is 0 Å². The second kappa shape index (κ2) is 4.97. The summed E-state index contributed by atoms with van der Waals surface area (Å²) in [5.41, 5.74) is 5.57. The fourth-order valence-electron chi connectivity index (χ4n) is 1.19. The Balaban J connectivity index is 3.08. The molecule has 0 aromatic heterocycles. The summed E-state index contributed by atoms with van der Waals surface area (Å²) in [5, 5.41) is 16.0. The summed E-state index contributed by atoms with van der Waals surface area (Å²) in [6.07, 6.45) is -0.819. The normalized spacial score (nSPS) is 9.47. The first kappa shape index (κ1) is 12.5. The van der Waals surface area contributed by atoms with Crippen LogP contribution in [0.2, 0.25) is 0 Å². The third-order valence-corrected chi connectivity index (χ3v) is 1.97. The summed E-state index contributed by atoms with van der Waals surface area (Å²) in [5.74, 6) is -1.59. The standard InChI is InChI=1S/C10H11N3O4/c1-17-10(16)13(9(11)12)7-4-2-6(3-5-7)8(14)15/h2-5H,1H3,(H3,11,12)(H,14,15). The van der Waals surface area contributed by atoms with Crippen LogP contribution in [0.1, 0.15) is 10.4 Å². The van der Waals surface area contributed by atoms with Crippen molar-refractivity contribution in [2.75, 3.05) is 12.0 Å². The van der Waals surface area contributed by atoms with Crippen molar-refractivity contribution in [3.8, 4) is 0 Å². The maximum absolute atomic E-state index is 11.3. The third kappa shape index (κ3) is 2.71. The maximum atomic E-state index is 11.3. The van der Waals surface area contributed by atoms with Crippen molar-refractivity contribution in [3.05, 3.63) is 29.8 Å². The number of guanidine groups is 1. The minimum absolute atomic E-state index is 0.0714. The first-order chi connectivity index (χ1) is 7.97. The molecule has 0 bridgehead atoms. The van der Waals surface area contributed by atoms with Crippen LogP contribution in [0.5, 0.6) is 0 Å². The van der Waals surface area contributed by atoms with Gasteiger partial charge in [0.2, 0.25) is 5.96 Å². The van der Waals surface area contributed by atoms with Gasteiger partial charge >= 0.3 is 12.1 Å². The van der Waals surface area contributed by atoms with Gasteiger partial charge in [-0.1, -0.05) is 0 Å². The first-order valence-electron chi connectivity index (χ1n) is 4.53. The molecule has 1 amide bonds. The number of methoxy groups -OCH3 is 1. The quantitative estimate of drug-likeness (QED) is 0.520. The molecule has 0 aliphatic carbocycles. The van der Waals surface area contributed by atoms with Crippen molar-refractivity contribution in [1.29, 1.82) is 5.41 Å². The van der Waals surface area contributed by atoms with Crippen LogP contribution >= 0.6 is 0 Å². The number of rotatable bonds is 2. The second-order valence-corrected chi connectivity index (χ2v) is 3.04. The van der Waals surface area contributed by atoms with Crippen molar-refractivity contribution < 1.29 is 19.4 Å². The Bertz CT molecular complexity index is 455. The van der Waals surface area contributed by atoms with Crippen LogP contribution in [0.15, 0.2) is 24.3 Å². The number of hydrogen-bond acceptors (Lipinski definition) is 4. The molecule has 0 atom stereocenters. The molecule has 0 fully saturated rings. The Labute approximate surface area is 96.9 Å². The summed E-state index contributed by atoms with van der Waals surface area (Å²) < 4.78 is 4.46. The van der Waals surface area contributed by atoms with Crippen LogP contribution in [0, 0.1) is 5.41 Å². The van der Waals surface area contributed by atoms with Gasteiger partial charge in [0, 0.05) is 0 Å². The molecule has 4 N–H and O–H groups in total. The molecule has 0 saturated carbocycles. The molecule has 17 heavy (non-hydrogen) atoms. The van der Waals surface area contributed by atoms with Gasteiger partial charge in [0.05, 0.1) is 18.4 Å². The number of anilines is 1. The lowest BCUT2D eigenvalue weighted by molar-refractivity contribution is 0.0697. The Morgan fingerprint density at radius 2 is 1.88 bits per heavy atom. The van der Waals surface area contributed by atoms with E-state index in [1.807, 2.05) is 0 Å². The molecule has 7 nitrogen and oxygen atoms in total. The van der Waals surface area contributed by atoms with Crippen LogP contribution in [0.25, 0.3) is 0 Å². The van der Waals surface area contributed by atoms with Gasteiger partial charge in [-0.25, -0.2) is 14.5 Å². The topological polar surface area (TPSA) is 117 Å². The lowest BCUT2D eigenvalue weighted by Crippen LogP contribution is -2.41. The van der Waals surface area contributed by atoms with Crippen LogP contribution in [0.3, 0.4) is 0 Å². The summed E-state index contributed by atoms with van der Waals surface area (Å²) in [7, 11) is 1.16. The number of aromatic carboxylic acids is 1. The summed E-state index contributed by atoms with van der Waals surface area (Å²) in [6, 6.07) is 5.33. The molecule has 90 valence electrons. The van der Waals surface area contributed by atoms with E-state index >= 15 is 0 Å². The highest BCUT2D eigenvalue weighted by molar-refractivity contribution is 6.11. The number of nitrogens with zero attached hydrogens (tertiary/aromatic N) is 1. The second-order valence-electron chi connectivity index (χ2n) is 3.04. The summed E-state index contributed by atoms with van der Waals surface area (Å²) >= 11 is 0. The minimum Gasteiger partial charge on any atom is -0.478 e. The zero-order valence-corrected chi connectivity index (χ0v) is 9.01. The molecule has 0 spiro atoms. The molecule has 0 aliphatic heterocycles.